The Balaban J connectivity index is 1.55. The number of carbonyl (C=O) groups excluding carboxylic acids is 1. The molecule has 1 aliphatic heterocycles. The number of nitrogens with zero attached hydrogens (tertiary/aromatic N) is 2. The number of carbonyl (C=O) groups is 1. The molecule has 0 saturated carbocycles. The van der Waals surface area contributed by atoms with Crippen LogP contribution in [0.15, 0.2) is 57.9 Å². The molecule has 144 valence electrons. The molecule has 0 radical (unpaired) electrons. The Hall–Kier alpha value is -1.97. The van der Waals surface area contributed by atoms with Gasteiger partial charge in [-0.25, -0.2) is 17.5 Å². The number of halogens is 2. The van der Waals surface area contributed by atoms with E-state index in [1.807, 2.05) is 30.3 Å². The van der Waals surface area contributed by atoms with Crippen LogP contribution in [-0.2, 0) is 14.8 Å². The average Bonchev–Trinajstić information content (AvgIpc) is 2.67. The van der Waals surface area contributed by atoms with Crippen LogP contribution in [-0.4, -0.2) is 51.9 Å². The summed E-state index contributed by atoms with van der Waals surface area (Å²) in [5, 5.41) is 0. The third kappa shape index (κ3) is 4.85. The van der Waals surface area contributed by atoms with Crippen molar-refractivity contribution >= 4 is 37.5 Å². The highest BCUT2D eigenvalue weighted by Gasteiger charge is 2.24. The van der Waals surface area contributed by atoms with Gasteiger partial charge in [0.1, 0.15) is 5.82 Å². The minimum Gasteiger partial charge on any atom is -0.368 e. The van der Waals surface area contributed by atoms with Crippen LogP contribution in [0.1, 0.15) is 0 Å². The lowest BCUT2D eigenvalue weighted by Gasteiger charge is -2.36. The first-order chi connectivity index (χ1) is 12.9. The Kier molecular flexibility index (Phi) is 6.13. The Morgan fingerprint density at radius 3 is 2.37 bits per heavy atom. The van der Waals surface area contributed by atoms with Gasteiger partial charge in [-0.3, -0.25) is 4.79 Å². The van der Waals surface area contributed by atoms with Crippen molar-refractivity contribution in [3.63, 3.8) is 0 Å². The quantitative estimate of drug-likeness (QED) is 0.750. The number of nitrogens with one attached hydrogen (secondary N) is 1. The molecule has 6 nitrogen and oxygen atoms in total. The highest BCUT2D eigenvalue weighted by Crippen LogP contribution is 2.22. The van der Waals surface area contributed by atoms with Crippen molar-refractivity contribution < 1.29 is 17.6 Å². The van der Waals surface area contributed by atoms with E-state index in [0.29, 0.717) is 26.2 Å². The lowest BCUT2D eigenvalue weighted by Crippen LogP contribution is -2.51. The second-order valence-corrected chi connectivity index (χ2v) is 8.69. The molecule has 27 heavy (non-hydrogen) atoms. The van der Waals surface area contributed by atoms with E-state index >= 15 is 0 Å². The summed E-state index contributed by atoms with van der Waals surface area (Å²) >= 11 is 3.04. The summed E-state index contributed by atoms with van der Waals surface area (Å²) in [4.78, 5) is 16.1. The molecule has 2 aromatic rings. The number of sulfonamides is 1. The first-order valence-corrected chi connectivity index (χ1v) is 10.7. The van der Waals surface area contributed by atoms with Gasteiger partial charge in [0.15, 0.2) is 0 Å². The van der Waals surface area contributed by atoms with Gasteiger partial charge in [0.05, 0.1) is 11.4 Å². The van der Waals surface area contributed by atoms with Crippen molar-refractivity contribution in [3.8, 4) is 0 Å². The summed E-state index contributed by atoms with van der Waals surface area (Å²) in [7, 11) is -3.92. The van der Waals surface area contributed by atoms with E-state index < -0.39 is 15.8 Å². The third-order valence-electron chi connectivity index (χ3n) is 4.35. The fourth-order valence-electron chi connectivity index (χ4n) is 2.89. The van der Waals surface area contributed by atoms with Gasteiger partial charge in [0.2, 0.25) is 15.9 Å². The molecule has 1 amide bonds. The van der Waals surface area contributed by atoms with Crippen molar-refractivity contribution in [1.82, 2.24) is 9.62 Å². The van der Waals surface area contributed by atoms with Crippen molar-refractivity contribution in [2.45, 2.75) is 4.90 Å². The van der Waals surface area contributed by atoms with Gasteiger partial charge in [-0.1, -0.05) is 18.2 Å². The predicted molar refractivity (Wildman–Crippen MR) is 105 cm³/mol. The van der Waals surface area contributed by atoms with E-state index in [1.54, 1.807) is 4.90 Å². The second kappa shape index (κ2) is 8.37. The van der Waals surface area contributed by atoms with Crippen LogP contribution in [0.3, 0.4) is 0 Å². The lowest BCUT2D eigenvalue weighted by molar-refractivity contribution is -0.130. The Bertz CT molecular complexity index is 917. The summed E-state index contributed by atoms with van der Waals surface area (Å²) in [6, 6.07) is 13.2. The van der Waals surface area contributed by atoms with E-state index in [4.69, 9.17) is 0 Å². The minimum atomic E-state index is -3.92. The fourth-order valence-corrected chi connectivity index (χ4v) is 4.91. The molecule has 0 unspecified atom stereocenters. The summed E-state index contributed by atoms with van der Waals surface area (Å²) in [6.45, 7) is 2.08. The van der Waals surface area contributed by atoms with E-state index in [-0.39, 0.29) is 21.8 Å². The maximum Gasteiger partial charge on any atom is 0.242 e. The van der Waals surface area contributed by atoms with Crippen LogP contribution in [0, 0.1) is 5.82 Å². The van der Waals surface area contributed by atoms with Crippen LogP contribution < -0.4 is 9.62 Å². The largest absolute Gasteiger partial charge is 0.368 e. The molecule has 2 aromatic carbocycles. The molecule has 1 saturated heterocycles. The SMILES string of the molecule is O=C(CNS(=O)(=O)c1ccc(F)cc1Br)N1CCN(c2ccccc2)CC1. The number of para-hydroxylation sites is 1. The number of anilines is 1. The third-order valence-corrected chi connectivity index (χ3v) is 6.73. The second-order valence-electron chi connectivity index (χ2n) is 6.10. The Morgan fingerprint density at radius 2 is 1.74 bits per heavy atom. The molecule has 0 atom stereocenters. The fraction of sp³-hybridized carbons (Fsp3) is 0.278. The molecule has 1 aliphatic rings. The highest BCUT2D eigenvalue weighted by atomic mass is 79.9. The van der Waals surface area contributed by atoms with Crippen LogP contribution in [0.5, 0.6) is 0 Å². The number of amides is 1. The molecule has 0 spiro atoms. The van der Waals surface area contributed by atoms with Crippen molar-refractivity contribution in [2.75, 3.05) is 37.6 Å². The highest BCUT2D eigenvalue weighted by molar-refractivity contribution is 9.10. The number of piperazine rings is 1. The van der Waals surface area contributed by atoms with Crippen molar-refractivity contribution in [3.05, 3.63) is 58.8 Å². The van der Waals surface area contributed by atoms with Gasteiger partial charge < -0.3 is 9.80 Å². The predicted octanol–water partition coefficient (Wildman–Crippen LogP) is 2.22. The zero-order valence-electron chi connectivity index (χ0n) is 14.4. The summed E-state index contributed by atoms with van der Waals surface area (Å²) in [6.07, 6.45) is 0. The first kappa shape index (κ1) is 19.8. The molecular formula is C18H19BrFN3O3S. The van der Waals surface area contributed by atoms with Crippen LogP contribution in [0.25, 0.3) is 0 Å². The number of benzene rings is 2. The average molecular weight is 456 g/mol. The van der Waals surface area contributed by atoms with Gasteiger partial charge in [-0.2, -0.15) is 0 Å². The summed E-state index contributed by atoms with van der Waals surface area (Å²) < 4.78 is 40.2. The number of hydrogen-bond acceptors (Lipinski definition) is 4. The maximum atomic E-state index is 13.1. The van der Waals surface area contributed by atoms with Crippen LogP contribution in [0.2, 0.25) is 0 Å². The monoisotopic (exact) mass is 455 g/mol. The Labute approximate surface area is 166 Å². The van der Waals surface area contributed by atoms with E-state index in [2.05, 4.69) is 25.6 Å². The number of rotatable bonds is 5. The first-order valence-electron chi connectivity index (χ1n) is 8.39. The lowest BCUT2D eigenvalue weighted by atomic mass is 10.2. The Morgan fingerprint density at radius 1 is 1.07 bits per heavy atom. The topological polar surface area (TPSA) is 69.7 Å². The smallest absolute Gasteiger partial charge is 0.242 e. The van der Waals surface area contributed by atoms with E-state index in [1.165, 1.54) is 0 Å². The molecule has 0 aliphatic carbocycles. The zero-order chi connectivity index (χ0) is 19.4. The van der Waals surface area contributed by atoms with E-state index in [0.717, 1.165) is 23.9 Å². The molecular weight excluding hydrogens is 437 g/mol. The molecule has 9 heteroatoms. The normalized spacial score (nSPS) is 15.0. The van der Waals surface area contributed by atoms with Crippen LogP contribution in [0.4, 0.5) is 10.1 Å². The van der Waals surface area contributed by atoms with Gasteiger partial charge in [0.25, 0.3) is 0 Å². The van der Waals surface area contributed by atoms with Crippen LogP contribution >= 0.6 is 15.9 Å². The van der Waals surface area contributed by atoms with Crippen molar-refractivity contribution in [1.29, 1.82) is 0 Å². The zero-order valence-corrected chi connectivity index (χ0v) is 16.8. The summed E-state index contributed by atoms with van der Waals surface area (Å²) in [5.74, 6) is -0.835. The standard InChI is InChI=1S/C18H19BrFN3O3S/c19-16-12-14(20)6-7-17(16)27(25,26)21-13-18(24)23-10-8-22(9-11-23)15-4-2-1-3-5-15/h1-7,12,21H,8-11,13H2. The van der Waals surface area contributed by atoms with Gasteiger partial charge in [-0.05, 0) is 46.3 Å². The van der Waals surface area contributed by atoms with Crippen molar-refractivity contribution in [2.24, 2.45) is 0 Å². The molecule has 0 aromatic heterocycles. The molecule has 3 rings (SSSR count). The minimum absolute atomic E-state index is 0.106. The van der Waals surface area contributed by atoms with Gasteiger partial charge in [-0.15, -0.1) is 0 Å². The molecule has 1 N–H and O–H groups in total. The summed E-state index contributed by atoms with van der Waals surface area (Å²) in [5.41, 5.74) is 1.10. The van der Waals surface area contributed by atoms with E-state index in [9.17, 15) is 17.6 Å². The molecule has 1 heterocycles. The maximum absolute atomic E-state index is 13.1. The van der Waals surface area contributed by atoms with Gasteiger partial charge >= 0.3 is 0 Å². The molecule has 1 fully saturated rings. The van der Waals surface area contributed by atoms with Gasteiger partial charge in [0, 0.05) is 36.3 Å². The molecule has 0 bridgehead atoms. The number of hydrogen-bond donors (Lipinski definition) is 1.